The highest BCUT2D eigenvalue weighted by Crippen LogP contribution is 2.31. The third kappa shape index (κ3) is 4.85. The summed E-state index contributed by atoms with van der Waals surface area (Å²) in [5.74, 6) is 0.616. The molecule has 0 aliphatic heterocycles. The molecule has 4 aromatic rings. The quantitative estimate of drug-likeness (QED) is 0.336. The van der Waals surface area contributed by atoms with E-state index in [2.05, 4.69) is 5.32 Å². The van der Waals surface area contributed by atoms with Gasteiger partial charge in [-0.3, -0.25) is 4.79 Å². The van der Waals surface area contributed by atoms with Crippen molar-refractivity contribution in [3.8, 4) is 22.6 Å². The maximum Gasteiger partial charge on any atom is 0.270 e. The van der Waals surface area contributed by atoms with Crippen LogP contribution in [0, 0.1) is 0 Å². The first-order chi connectivity index (χ1) is 16.4. The number of aromatic nitrogens is 2. The number of carbonyl (C=O) groups excluding carboxylic acids is 1. The summed E-state index contributed by atoms with van der Waals surface area (Å²) < 4.78 is 1.99. The molecule has 0 saturated carbocycles. The first kappa shape index (κ1) is 23.6. The van der Waals surface area contributed by atoms with Crippen LogP contribution in [0.4, 0.5) is 5.69 Å². The Balaban J connectivity index is 1.79. The zero-order valence-electron chi connectivity index (χ0n) is 19.9. The van der Waals surface area contributed by atoms with E-state index < -0.39 is 0 Å². The summed E-state index contributed by atoms with van der Waals surface area (Å²) in [7, 11) is 4.01. The lowest BCUT2D eigenvalue weighted by molar-refractivity contribution is 0.0931. The highest BCUT2D eigenvalue weighted by molar-refractivity contribution is 6.30. The van der Waals surface area contributed by atoms with Crippen molar-refractivity contribution in [2.24, 2.45) is 0 Å². The number of hydrogen-bond donors (Lipinski definition) is 1. The highest BCUT2D eigenvalue weighted by atomic mass is 35.5. The van der Waals surface area contributed by atoms with Gasteiger partial charge in [0.2, 0.25) is 0 Å². The van der Waals surface area contributed by atoms with E-state index in [9.17, 15) is 4.79 Å². The summed E-state index contributed by atoms with van der Waals surface area (Å²) in [5.41, 5.74) is 5.18. The van der Waals surface area contributed by atoms with Crippen molar-refractivity contribution in [3.05, 3.63) is 95.1 Å². The molecule has 4 rings (SSSR count). The smallest absolute Gasteiger partial charge is 0.270 e. The lowest BCUT2D eigenvalue weighted by atomic mass is 10.1. The van der Waals surface area contributed by atoms with Gasteiger partial charge >= 0.3 is 0 Å². The van der Waals surface area contributed by atoms with E-state index in [1.807, 2.05) is 116 Å². The van der Waals surface area contributed by atoms with Crippen molar-refractivity contribution in [3.63, 3.8) is 0 Å². The molecule has 1 amide bonds. The maximum absolute atomic E-state index is 13.7. The molecule has 0 spiro atoms. The van der Waals surface area contributed by atoms with Crippen LogP contribution in [0.5, 0.6) is 0 Å². The Bertz CT molecular complexity index is 1260. The fourth-order valence-electron chi connectivity index (χ4n) is 4.02. The van der Waals surface area contributed by atoms with Crippen LogP contribution in [-0.4, -0.2) is 29.6 Å². The molecule has 3 aromatic carbocycles. The molecule has 0 radical (unpaired) electrons. The molecule has 1 unspecified atom stereocenters. The van der Waals surface area contributed by atoms with Gasteiger partial charge in [-0.2, -0.15) is 0 Å². The van der Waals surface area contributed by atoms with Crippen LogP contribution in [0.15, 0.2) is 78.9 Å². The van der Waals surface area contributed by atoms with E-state index in [4.69, 9.17) is 16.6 Å². The average Bonchev–Trinajstić information content (AvgIpc) is 3.25. The summed E-state index contributed by atoms with van der Waals surface area (Å²) >= 11 is 6.04. The number of nitrogens with zero attached hydrogens (tertiary/aromatic N) is 3. The predicted octanol–water partition coefficient (Wildman–Crippen LogP) is 6.45. The van der Waals surface area contributed by atoms with Crippen LogP contribution >= 0.6 is 11.6 Å². The molecular formula is C28H29ClN4O. The standard InChI is InChI=1S/C28H29ClN4O/c1-5-33-26(28(34)30-19(2)20-11-15-23(29)16-12-20)25(21-13-17-24(18-14-21)32(3)4)31-27(33)22-9-7-6-8-10-22/h6-19H,5H2,1-4H3,(H,30,34). The zero-order chi connectivity index (χ0) is 24.2. The topological polar surface area (TPSA) is 50.2 Å². The number of nitrogens with one attached hydrogen (secondary N) is 1. The molecule has 1 heterocycles. The Morgan fingerprint density at radius 2 is 1.62 bits per heavy atom. The van der Waals surface area contributed by atoms with E-state index in [-0.39, 0.29) is 11.9 Å². The summed E-state index contributed by atoms with van der Waals surface area (Å²) in [4.78, 5) is 20.7. The number of rotatable bonds is 7. The third-order valence-electron chi connectivity index (χ3n) is 5.91. The molecule has 1 aromatic heterocycles. The van der Waals surface area contributed by atoms with Crippen molar-refractivity contribution in [2.45, 2.75) is 26.4 Å². The normalized spacial score (nSPS) is 11.8. The fourth-order valence-corrected chi connectivity index (χ4v) is 4.14. The van der Waals surface area contributed by atoms with E-state index in [0.717, 1.165) is 28.2 Å². The van der Waals surface area contributed by atoms with Gasteiger partial charge in [-0.05, 0) is 43.7 Å². The Labute approximate surface area is 206 Å². The van der Waals surface area contributed by atoms with Gasteiger partial charge in [-0.1, -0.05) is 66.2 Å². The monoisotopic (exact) mass is 472 g/mol. The number of hydrogen-bond acceptors (Lipinski definition) is 3. The third-order valence-corrected chi connectivity index (χ3v) is 6.16. The zero-order valence-corrected chi connectivity index (χ0v) is 20.7. The van der Waals surface area contributed by atoms with Gasteiger partial charge in [0, 0.05) is 42.5 Å². The lowest BCUT2D eigenvalue weighted by Gasteiger charge is -2.17. The van der Waals surface area contributed by atoms with Crippen LogP contribution in [0.25, 0.3) is 22.6 Å². The van der Waals surface area contributed by atoms with Crippen LogP contribution in [0.2, 0.25) is 5.02 Å². The minimum absolute atomic E-state index is 0.161. The van der Waals surface area contributed by atoms with E-state index in [1.165, 1.54) is 0 Å². The Kier molecular flexibility index (Phi) is 7.03. The number of anilines is 1. The molecule has 174 valence electrons. The molecule has 5 nitrogen and oxygen atoms in total. The average molecular weight is 473 g/mol. The van der Waals surface area contributed by atoms with Gasteiger partial charge < -0.3 is 14.8 Å². The SMILES string of the molecule is CCn1c(-c2ccccc2)nc(-c2ccc(N(C)C)cc2)c1C(=O)NC(C)c1ccc(Cl)cc1. The van der Waals surface area contributed by atoms with Gasteiger partial charge in [0.05, 0.1) is 6.04 Å². The van der Waals surface area contributed by atoms with Gasteiger partial charge in [-0.25, -0.2) is 4.98 Å². The molecule has 0 aliphatic carbocycles. The number of carbonyl (C=O) groups is 1. The summed E-state index contributed by atoms with van der Waals surface area (Å²) in [6.45, 7) is 4.62. The van der Waals surface area contributed by atoms with Crippen LogP contribution in [0.3, 0.4) is 0 Å². The Morgan fingerprint density at radius 3 is 2.21 bits per heavy atom. The number of imidazole rings is 1. The van der Waals surface area contributed by atoms with Crippen LogP contribution < -0.4 is 10.2 Å². The summed E-state index contributed by atoms with van der Waals surface area (Å²) in [6, 6.07) is 25.5. The predicted molar refractivity (Wildman–Crippen MR) is 140 cm³/mol. The minimum Gasteiger partial charge on any atom is -0.378 e. The molecule has 1 atom stereocenters. The van der Waals surface area contributed by atoms with Crippen molar-refractivity contribution in [1.82, 2.24) is 14.9 Å². The lowest BCUT2D eigenvalue weighted by Crippen LogP contribution is -2.29. The van der Waals surface area contributed by atoms with Crippen molar-refractivity contribution in [2.75, 3.05) is 19.0 Å². The highest BCUT2D eigenvalue weighted by Gasteiger charge is 2.25. The van der Waals surface area contributed by atoms with Gasteiger partial charge in [0.15, 0.2) is 0 Å². The molecule has 34 heavy (non-hydrogen) atoms. The molecule has 0 saturated heterocycles. The molecule has 1 N–H and O–H groups in total. The van der Waals surface area contributed by atoms with Crippen molar-refractivity contribution in [1.29, 1.82) is 0 Å². The second-order valence-electron chi connectivity index (χ2n) is 8.43. The summed E-state index contributed by atoms with van der Waals surface area (Å²) in [5, 5.41) is 3.83. The van der Waals surface area contributed by atoms with Crippen LogP contribution in [0.1, 0.15) is 35.9 Å². The number of benzene rings is 3. The van der Waals surface area contributed by atoms with E-state index in [0.29, 0.717) is 23.0 Å². The fraction of sp³-hybridized carbons (Fsp3) is 0.214. The molecule has 0 fully saturated rings. The number of halogens is 1. The molecular weight excluding hydrogens is 444 g/mol. The maximum atomic E-state index is 13.7. The van der Waals surface area contributed by atoms with E-state index >= 15 is 0 Å². The number of amides is 1. The van der Waals surface area contributed by atoms with E-state index in [1.54, 1.807) is 0 Å². The second kappa shape index (κ2) is 10.1. The van der Waals surface area contributed by atoms with Crippen molar-refractivity contribution < 1.29 is 4.79 Å². The summed E-state index contributed by atoms with van der Waals surface area (Å²) in [6.07, 6.45) is 0. The van der Waals surface area contributed by atoms with Gasteiger partial charge in [-0.15, -0.1) is 0 Å². The van der Waals surface area contributed by atoms with Crippen LogP contribution in [-0.2, 0) is 6.54 Å². The Morgan fingerprint density at radius 1 is 0.971 bits per heavy atom. The second-order valence-corrected chi connectivity index (χ2v) is 8.87. The van der Waals surface area contributed by atoms with Gasteiger partial charge in [0.1, 0.15) is 17.2 Å². The Hall–Kier alpha value is -3.57. The first-order valence-electron chi connectivity index (χ1n) is 11.4. The van der Waals surface area contributed by atoms with Crippen molar-refractivity contribution >= 4 is 23.2 Å². The largest absolute Gasteiger partial charge is 0.378 e. The van der Waals surface area contributed by atoms with Gasteiger partial charge in [0.25, 0.3) is 5.91 Å². The molecule has 0 aliphatic rings. The molecule has 6 heteroatoms. The minimum atomic E-state index is -0.186. The molecule has 0 bridgehead atoms. The first-order valence-corrected chi connectivity index (χ1v) is 11.8.